The molecule has 2 aromatic rings. The molecule has 7 heteroatoms. The highest BCUT2D eigenvalue weighted by atomic mass is 16.5. The van der Waals surface area contributed by atoms with Crippen LogP contribution in [0.4, 0.5) is 0 Å². The van der Waals surface area contributed by atoms with E-state index in [-0.39, 0.29) is 0 Å². The lowest BCUT2D eigenvalue weighted by Gasteiger charge is -2.28. The number of ether oxygens (including phenoxy) is 1. The summed E-state index contributed by atoms with van der Waals surface area (Å²) in [6.07, 6.45) is 1.74. The minimum absolute atomic E-state index is 0.558. The summed E-state index contributed by atoms with van der Waals surface area (Å²) in [5.74, 6) is -1.67. The van der Waals surface area contributed by atoms with Gasteiger partial charge >= 0.3 is 11.9 Å². The van der Waals surface area contributed by atoms with Crippen LogP contribution >= 0.6 is 0 Å². The molecule has 0 heterocycles. The molecule has 0 amide bonds. The maximum absolute atomic E-state index is 11.1. The third kappa shape index (κ3) is 8.91. The first-order valence-corrected chi connectivity index (χ1v) is 10.6. The van der Waals surface area contributed by atoms with E-state index in [0.29, 0.717) is 25.2 Å². The lowest BCUT2D eigenvalue weighted by atomic mass is 9.84. The van der Waals surface area contributed by atoms with Gasteiger partial charge in [-0.2, -0.15) is 0 Å². The van der Waals surface area contributed by atoms with Crippen molar-refractivity contribution >= 4 is 11.9 Å². The third-order valence-electron chi connectivity index (χ3n) is 5.03. The molecule has 0 aliphatic rings. The first-order valence-electron chi connectivity index (χ1n) is 10.6. The third-order valence-corrected chi connectivity index (χ3v) is 5.03. The van der Waals surface area contributed by atoms with Crippen LogP contribution in [0.15, 0.2) is 66.7 Å². The van der Waals surface area contributed by atoms with Gasteiger partial charge in [-0.3, -0.25) is 0 Å². The van der Waals surface area contributed by atoms with Crippen molar-refractivity contribution in [2.24, 2.45) is 0 Å². The lowest BCUT2D eigenvalue weighted by molar-refractivity contribution is -0.134. The van der Waals surface area contributed by atoms with E-state index < -0.39 is 17.5 Å². The predicted octanol–water partition coefficient (Wildman–Crippen LogP) is 3.76. The van der Waals surface area contributed by atoms with Crippen molar-refractivity contribution in [3.8, 4) is 5.75 Å². The van der Waals surface area contributed by atoms with E-state index in [1.165, 1.54) is 0 Å². The molecule has 0 spiro atoms. The molecular weight excluding hydrogens is 410 g/mol. The van der Waals surface area contributed by atoms with Crippen molar-refractivity contribution in [1.29, 1.82) is 0 Å². The molecule has 32 heavy (non-hydrogen) atoms. The Morgan fingerprint density at radius 2 is 1.38 bits per heavy atom. The molecule has 0 saturated carbocycles. The Bertz CT molecular complexity index is 830. The summed E-state index contributed by atoms with van der Waals surface area (Å²) < 4.78 is 5.82. The number of rotatable bonds is 11. The number of carboxylic acids is 2. The number of likely N-dealkylation sites (N-methyl/N-ethyl adjacent to an activating group) is 1. The molecule has 0 saturated heterocycles. The standard InChI is InChI=1S/C21H29NO2.C4H4O4/c1-4-21(23,18-10-8-7-9-11-18)19-12-14-20(15-13-19)24-17-16-22(5-2)6-3;5-3(6)1-2-4(7)8/h7-15,23H,4-6,16-17H2,1-3H3;1-2H,(H,5,6)(H,7,8)/b;2-1+. The van der Waals surface area contributed by atoms with Gasteiger partial charge in [0.2, 0.25) is 0 Å². The van der Waals surface area contributed by atoms with Crippen LogP contribution in [0.3, 0.4) is 0 Å². The monoisotopic (exact) mass is 443 g/mol. The second kappa shape index (κ2) is 14.0. The molecule has 0 aliphatic heterocycles. The van der Waals surface area contributed by atoms with E-state index in [2.05, 4.69) is 18.7 Å². The van der Waals surface area contributed by atoms with Crippen molar-refractivity contribution in [2.45, 2.75) is 32.8 Å². The number of carbonyl (C=O) groups is 2. The summed E-state index contributed by atoms with van der Waals surface area (Å²) in [6.45, 7) is 10.0. The van der Waals surface area contributed by atoms with Crippen molar-refractivity contribution in [2.75, 3.05) is 26.2 Å². The normalized spacial score (nSPS) is 12.7. The van der Waals surface area contributed by atoms with Gasteiger partial charge in [0, 0.05) is 18.7 Å². The van der Waals surface area contributed by atoms with Crippen molar-refractivity contribution in [3.63, 3.8) is 0 Å². The molecule has 0 aromatic heterocycles. The van der Waals surface area contributed by atoms with E-state index in [1.54, 1.807) is 0 Å². The summed E-state index contributed by atoms with van der Waals surface area (Å²) in [5.41, 5.74) is 0.857. The zero-order valence-corrected chi connectivity index (χ0v) is 18.9. The lowest BCUT2D eigenvalue weighted by Crippen LogP contribution is -2.28. The van der Waals surface area contributed by atoms with Crippen LogP contribution < -0.4 is 4.74 Å². The average molecular weight is 444 g/mol. The molecule has 2 aromatic carbocycles. The molecule has 0 radical (unpaired) electrons. The van der Waals surface area contributed by atoms with Gasteiger partial charge in [0.05, 0.1) is 0 Å². The highest BCUT2D eigenvalue weighted by Crippen LogP contribution is 2.33. The number of carboxylic acid groups (broad SMARTS) is 2. The molecule has 7 nitrogen and oxygen atoms in total. The Hall–Kier alpha value is -3.16. The number of aliphatic carboxylic acids is 2. The molecule has 2 rings (SSSR count). The molecule has 1 unspecified atom stereocenters. The fourth-order valence-corrected chi connectivity index (χ4v) is 3.09. The van der Waals surface area contributed by atoms with Crippen LogP contribution in [0.1, 0.15) is 38.3 Å². The molecular formula is C25H33NO6. The van der Waals surface area contributed by atoms with Gasteiger partial charge in [-0.1, -0.05) is 63.2 Å². The Morgan fingerprint density at radius 3 is 1.81 bits per heavy atom. The molecule has 0 bridgehead atoms. The van der Waals surface area contributed by atoms with E-state index in [0.717, 1.165) is 36.5 Å². The fraction of sp³-hybridized carbons (Fsp3) is 0.360. The van der Waals surface area contributed by atoms with E-state index in [1.807, 2.05) is 61.5 Å². The smallest absolute Gasteiger partial charge is 0.328 e. The second-order valence-corrected chi connectivity index (χ2v) is 6.99. The van der Waals surface area contributed by atoms with Crippen LogP contribution in [-0.2, 0) is 15.2 Å². The maximum atomic E-state index is 11.1. The van der Waals surface area contributed by atoms with Crippen LogP contribution in [0.25, 0.3) is 0 Å². The van der Waals surface area contributed by atoms with Crippen LogP contribution in [0.5, 0.6) is 5.75 Å². The zero-order chi connectivity index (χ0) is 24.0. The first kappa shape index (κ1) is 26.9. The van der Waals surface area contributed by atoms with Gasteiger partial charge in [0.25, 0.3) is 0 Å². The predicted molar refractivity (Wildman–Crippen MR) is 124 cm³/mol. The topological polar surface area (TPSA) is 107 Å². The van der Waals surface area contributed by atoms with Crippen molar-refractivity contribution in [1.82, 2.24) is 4.90 Å². The van der Waals surface area contributed by atoms with Gasteiger partial charge in [0.1, 0.15) is 18.0 Å². The number of nitrogens with zero attached hydrogens (tertiary/aromatic N) is 1. The summed E-state index contributed by atoms with van der Waals surface area (Å²) in [4.78, 5) is 21.4. The molecule has 0 aliphatic carbocycles. The number of aliphatic hydroxyl groups is 1. The van der Waals surface area contributed by atoms with Gasteiger partial charge in [-0.25, -0.2) is 9.59 Å². The number of benzene rings is 2. The van der Waals surface area contributed by atoms with Gasteiger partial charge in [-0.15, -0.1) is 0 Å². The van der Waals surface area contributed by atoms with Crippen LogP contribution in [0.2, 0.25) is 0 Å². The Balaban J connectivity index is 0.000000547. The SMILES string of the molecule is CCN(CC)CCOc1ccc(C(O)(CC)c2ccccc2)cc1.O=C(O)/C=C/C(=O)O. The second-order valence-electron chi connectivity index (χ2n) is 6.99. The Morgan fingerprint density at radius 1 is 0.875 bits per heavy atom. The van der Waals surface area contributed by atoms with Gasteiger partial charge in [0.15, 0.2) is 0 Å². The van der Waals surface area contributed by atoms with E-state index in [9.17, 15) is 14.7 Å². The Labute approximate surface area is 189 Å². The number of hydrogen-bond acceptors (Lipinski definition) is 5. The van der Waals surface area contributed by atoms with E-state index in [4.69, 9.17) is 14.9 Å². The maximum Gasteiger partial charge on any atom is 0.328 e. The van der Waals surface area contributed by atoms with Crippen LogP contribution in [-0.4, -0.2) is 58.4 Å². The minimum Gasteiger partial charge on any atom is -0.492 e. The first-order chi connectivity index (χ1) is 15.3. The molecule has 174 valence electrons. The average Bonchev–Trinajstić information content (AvgIpc) is 2.81. The highest BCUT2D eigenvalue weighted by molar-refractivity contribution is 5.89. The largest absolute Gasteiger partial charge is 0.492 e. The minimum atomic E-state index is -1.26. The molecule has 0 fully saturated rings. The van der Waals surface area contributed by atoms with Crippen molar-refractivity contribution in [3.05, 3.63) is 77.9 Å². The highest BCUT2D eigenvalue weighted by Gasteiger charge is 2.29. The van der Waals surface area contributed by atoms with Gasteiger partial charge < -0.3 is 25.0 Å². The summed E-state index contributed by atoms with van der Waals surface area (Å²) in [7, 11) is 0. The zero-order valence-electron chi connectivity index (χ0n) is 18.9. The summed E-state index contributed by atoms with van der Waals surface area (Å²) in [6, 6.07) is 17.6. The quantitative estimate of drug-likeness (QED) is 0.454. The van der Waals surface area contributed by atoms with Gasteiger partial charge in [-0.05, 0) is 42.8 Å². The molecule has 1 atom stereocenters. The summed E-state index contributed by atoms with van der Waals surface area (Å²) in [5, 5.41) is 26.7. The summed E-state index contributed by atoms with van der Waals surface area (Å²) >= 11 is 0. The van der Waals surface area contributed by atoms with Crippen LogP contribution in [0, 0.1) is 0 Å². The van der Waals surface area contributed by atoms with Crippen molar-refractivity contribution < 1.29 is 29.6 Å². The molecule has 3 N–H and O–H groups in total. The Kier molecular flexibility index (Phi) is 11.8. The van der Waals surface area contributed by atoms with E-state index >= 15 is 0 Å². The fourth-order valence-electron chi connectivity index (χ4n) is 3.09. The number of hydrogen-bond donors (Lipinski definition) is 3.